The number of aromatic nitrogens is 2. The number of nitrogens with zero attached hydrogens (tertiary/aromatic N) is 3. The van der Waals surface area contributed by atoms with Gasteiger partial charge in [0.2, 0.25) is 12.7 Å². The Morgan fingerprint density at radius 3 is 2.73 bits per heavy atom. The third kappa shape index (κ3) is 4.44. The molecule has 0 unspecified atom stereocenters. The molecule has 1 aromatic carbocycles. The van der Waals surface area contributed by atoms with Crippen LogP contribution in [0.15, 0.2) is 27.7 Å². The minimum absolute atomic E-state index is 0.164. The molecule has 2 N–H and O–H groups in total. The van der Waals surface area contributed by atoms with Crippen LogP contribution in [0.5, 0.6) is 11.5 Å². The van der Waals surface area contributed by atoms with Crippen molar-refractivity contribution >= 4 is 5.96 Å². The van der Waals surface area contributed by atoms with Crippen molar-refractivity contribution in [3.63, 3.8) is 0 Å². The molecule has 0 atom stereocenters. The van der Waals surface area contributed by atoms with E-state index in [1.54, 1.807) is 0 Å². The molecular formula is C18H25N5O3. The molecule has 0 spiro atoms. The van der Waals surface area contributed by atoms with Crippen LogP contribution in [0, 0.1) is 0 Å². The van der Waals surface area contributed by atoms with Gasteiger partial charge in [0.05, 0.1) is 13.1 Å². The van der Waals surface area contributed by atoms with Crippen molar-refractivity contribution in [3.8, 4) is 11.5 Å². The van der Waals surface area contributed by atoms with Crippen molar-refractivity contribution in [1.29, 1.82) is 0 Å². The minimum Gasteiger partial charge on any atom is -0.454 e. The zero-order valence-electron chi connectivity index (χ0n) is 15.6. The van der Waals surface area contributed by atoms with E-state index in [0.717, 1.165) is 23.6 Å². The summed E-state index contributed by atoms with van der Waals surface area (Å²) in [5.41, 5.74) is 0.879. The third-order valence-corrected chi connectivity index (χ3v) is 3.72. The number of ether oxygens (including phenoxy) is 2. The first-order chi connectivity index (χ1) is 12.5. The van der Waals surface area contributed by atoms with Crippen LogP contribution < -0.4 is 20.1 Å². The van der Waals surface area contributed by atoms with Crippen molar-refractivity contribution in [2.45, 2.75) is 46.2 Å². The summed E-state index contributed by atoms with van der Waals surface area (Å²) in [5, 5.41) is 10.4. The summed E-state index contributed by atoms with van der Waals surface area (Å²) in [6, 6.07) is 5.83. The normalized spacial score (nSPS) is 13.8. The van der Waals surface area contributed by atoms with Crippen LogP contribution in [0.3, 0.4) is 0 Å². The number of guanidine groups is 1. The molecule has 0 fully saturated rings. The smallest absolute Gasteiger partial charge is 0.232 e. The van der Waals surface area contributed by atoms with E-state index in [-0.39, 0.29) is 12.2 Å². The number of hydrogen-bond acceptors (Lipinski definition) is 6. The van der Waals surface area contributed by atoms with Crippen molar-refractivity contribution < 1.29 is 14.0 Å². The molecule has 0 bridgehead atoms. The molecule has 2 aromatic rings. The molecule has 0 amide bonds. The predicted molar refractivity (Wildman–Crippen MR) is 97.2 cm³/mol. The van der Waals surface area contributed by atoms with Crippen LogP contribution in [-0.4, -0.2) is 29.4 Å². The number of hydrogen-bond donors (Lipinski definition) is 2. The maximum absolute atomic E-state index is 5.40. The van der Waals surface area contributed by atoms with Gasteiger partial charge in [-0.1, -0.05) is 32.0 Å². The maximum Gasteiger partial charge on any atom is 0.232 e. The highest BCUT2D eigenvalue weighted by Gasteiger charge is 2.21. The summed E-state index contributed by atoms with van der Waals surface area (Å²) in [6.07, 6.45) is 0. The lowest BCUT2D eigenvalue weighted by Gasteiger charge is -2.11. The predicted octanol–water partition coefficient (Wildman–Crippen LogP) is 2.35. The molecule has 26 heavy (non-hydrogen) atoms. The lowest BCUT2D eigenvalue weighted by atomic mass is 9.97. The van der Waals surface area contributed by atoms with E-state index >= 15 is 0 Å². The van der Waals surface area contributed by atoms with Crippen molar-refractivity contribution in [2.24, 2.45) is 4.99 Å². The summed E-state index contributed by atoms with van der Waals surface area (Å²) in [5.74, 6) is 3.44. The first-order valence-corrected chi connectivity index (χ1v) is 8.69. The maximum atomic E-state index is 5.40. The number of benzene rings is 1. The first kappa shape index (κ1) is 18.0. The monoisotopic (exact) mass is 359 g/mol. The van der Waals surface area contributed by atoms with Crippen LogP contribution >= 0.6 is 0 Å². The summed E-state index contributed by atoms with van der Waals surface area (Å²) < 4.78 is 16.0. The van der Waals surface area contributed by atoms with Crippen LogP contribution in [0.2, 0.25) is 0 Å². The third-order valence-electron chi connectivity index (χ3n) is 3.72. The largest absolute Gasteiger partial charge is 0.454 e. The zero-order valence-corrected chi connectivity index (χ0v) is 15.6. The van der Waals surface area contributed by atoms with Gasteiger partial charge in [-0.25, -0.2) is 4.99 Å². The number of nitrogens with one attached hydrogen (secondary N) is 2. The summed E-state index contributed by atoms with van der Waals surface area (Å²) in [6.45, 7) is 10.1. The fourth-order valence-corrected chi connectivity index (χ4v) is 2.34. The van der Waals surface area contributed by atoms with Gasteiger partial charge in [0, 0.05) is 12.0 Å². The minimum atomic E-state index is -0.164. The molecule has 0 saturated carbocycles. The molecule has 8 nitrogen and oxygen atoms in total. The van der Waals surface area contributed by atoms with Gasteiger partial charge in [-0.2, -0.15) is 4.98 Å². The summed E-state index contributed by atoms with van der Waals surface area (Å²) in [7, 11) is 0. The van der Waals surface area contributed by atoms with E-state index in [2.05, 4.69) is 25.8 Å². The molecule has 2 heterocycles. The molecule has 0 radical (unpaired) electrons. The summed E-state index contributed by atoms with van der Waals surface area (Å²) >= 11 is 0. The Bertz CT molecular complexity index is 779. The van der Waals surface area contributed by atoms with Gasteiger partial charge in [0.15, 0.2) is 23.3 Å². The van der Waals surface area contributed by atoms with Gasteiger partial charge < -0.3 is 24.6 Å². The molecule has 1 aromatic heterocycles. The SMILES string of the molecule is CCNC(=NCc1ccc2c(c1)OCO2)NCc1noc(C(C)(C)C)n1. The van der Waals surface area contributed by atoms with Crippen LogP contribution in [-0.2, 0) is 18.5 Å². The highest BCUT2D eigenvalue weighted by atomic mass is 16.7. The van der Waals surface area contributed by atoms with E-state index < -0.39 is 0 Å². The lowest BCUT2D eigenvalue weighted by molar-refractivity contribution is 0.174. The van der Waals surface area contributed by atoms with Gasteiger partial charge >= 0.3 is 0 Å². The Balaban J connectivity index is 1.61. The highest BCUT2D eigenvalue weighted by Crippen LogP contribution is 2.32. The second kappa shape index (κ2) is 7.63. The van der Waals surface area contributed by atoms with E-state index in [1.165, 1.54) is 0 Å². The van der Waals surface area contributed by atoms with E-state index in [4.69, 9.17) is 14.0 Å². The van der Waals surface area contributed by atoms with Crippen molar-refractivity contribution in [2.75, 3.05) is 13.3 Å². The summed E-state index contributed by atoms with van der Waals surface area (Å²) in [4.78, 5) is 9.01. The van der Waals surface area contributed by atoms with E-state index in [0.29, 0.717) is 30.8 Å². The van der Waals surface area contributed by atoms with Crippen LogP contribution in [0.1, 0.15) is 45.0 Å². The molecule has 1 aliphatic rings. The Hall–Kier alpha value is -2.77. The topological polar surface area (TPSA) is 93.8 Å². The fraction of sp³-hybridized carbons (Fsp3) is 0.500. The van der Waals surface area contributed by atoms with Gasteiger partial charge in [-0.15, -0.1) is 0 Å². The molecule has 1 aliphatic heterocycles. The molecule has 0 saturated heterocycles. The first-order valence-electron chi connectivity index (χ1n) is 8.69. The second-order valence-electron chi connectivity index (χ2n) is 7.00. The fourth-order valence-electron chi connectivity index (χ4n) is 2.34. The number of rotatable bonds is 5. The average Bonchev–Trinajstić information content (AvgIpc) is 3.25. The standard InChI is InChI=1S/C18H25N5O3/c1-5-19-17(21-10-15-22-16(26-23-15)18(2,3)4)20-9-12-6-7-13-14(8-12)25-11-24-13/h6-8H,5,9-11H2,1-4H3,(H2,19,20,21). The van der Waals surface area contributed by atoms with Gasteiger partial charge in [-0.3, -0.25) is 0 Å². The zero-order chi connectivity index (χ0) is 18.6. The lowest BCUT2D eigenvalue weighted by Crippen LogP contribution is -2.37. The second-order valence-corrected chi connectivity index (χ2v) is 7.00. The molecule has 140 valence electrons. The molecule has 0 aliphatic carbocycles. The Labute approximate surface area is 153 Å². The van der Waals surface area contributed by atoms with E-state index in [1.807, 2.05) is 45.9 Å². The molecular weight excluding hydrogens is 334 g/mol. The van der Waals surface area contributed by atoms with Crippen molar-refractivity contribution in [3.05, 3.63) is 35.5 Å². The number of aliphatic imine (C=N–C) groups is 1. The van der Waals surface area contributed by atoms with Crippen molar-refractivity contribution in [1.82, 2.24) is 20.8 Å². The Morgan fingerprint density at radius 2 is 2.00 bits per heavy atom. The highest BCUT2D eigenvalue weighted by molar-refractivity contribution is 5.79. The van der Waals surface area contributed by atoms with Gasteiger partial charge in [0.25, 0.3) is 0 Å². The van der Waals surface area contributed by atoms with Crippen LogP contribution in [0.4, 0.5) is 0 Å². The van der Waals surface area contributed by atoms with Crippen LogP contribution in [0.25, 0.3) is 0 Å². The quantitative estimate of drug-likeness (QED) is 0.625. The Kier molecular flexibility index (Phi) is 5.29. The average molecular weight is 359 g/mol. The van der Waals surface area contributed by atoms with Gasteiger partial charge in [-0.05, 0) is 24.6 Å². The molecule has 3 rings (SSSR count). The molecule has 8 heteroatoms. The van der Waals surface area contributed by atoms with Gasteiger partial charge in [0.1, 0.15) is 0 Å². The number of fused-ring (bicyclic) bond motifs is 1. The van der Waals surface area contributed by atoms with E-state index in [9.17, 15) is 0 Å². The Morgan fingerprint density at radius 1 is 1.19 bits per heavy atom.